The lowest BCUT2D eigenvalue weighted by Gasteiger charge is -2.16. The average Bonchev–Trinajstić information content (AvgIpc) is 2.37. The van der Waals surface area contributed by atoms with Gasteiger partial charge in [0.05, 0.1) is 6.61 Å². The highest BCUT2D eigenvalue weighted by Crippen LogP contribution is 2.18. The highest BCUT2D eigenvalue weighted by Gasteiger charge is 2.29. The van der Waals surface area contributed by atoms with Gasteiger partial charge in [0.2, 0.25) is 0 Å². The maximum absolute atomic E-state index is 11.8. The molecule has 0 fully saturated rings. The van der Waals surface area contributed by atoms with Gasteiger partial charge in [-0.2, -0.15) is 0 Å². The number of ether oxygens (including phenoxy) is 1. The molecule has 1 aromatic rings. The van der Waals surface area contributed by atoms with Crippen molar-refractivity contribution in [3.8, 4) is 0 Å². The molecule has 0 bridgehead atoms. The van der Waals surface area contributed by atoms with E-state index in [-0.39, 0.29) is 18.3 Å². The van der Waals surface area contributed by atoms with Gasteiger partial charge in [-0.25, -0.2) is 0 Å². The van der Waals surface area contributed by atoms with Crippen LogP contribution in [-0.4, -0.2) is 18.4 Å². The Balaban J connectivity index is 2.78. The first-order valence-corrected chi connectivity index (χ1v) is 6.46. The minimum absolute atomic E-state index is 0.163. The lowest BCUT2D eigenvalue weighted by Crippen LogP contribution is -2.29. The van der Waals surface area contributed by atoms with Gasteiger partial charge in [-0.3, -0.25) is 9.59 Å². The van der Waals surface area contributed by atoms with Gasteiger partial charge < -0.3 is 4.74 Å². The molecule has 0 heterocycles. The van der Waals surface area contributed by atoms with E-state index in [1.807, 2.05) is 49.4 Å². The molecule has 0 aliphatic rings. The first-order valence-electron chi connectivity index (χ1n) is 6.46. The molecule has 1 rings (SSSR count). The largest absolute Gasteiger partial charge is 0.465 e. The first-order chi connectivity index (χ1) is 9.06. The van der Waals surface area contributed by atoms with E-state index in [0.29, 0.717) is 0 Å². The minimum Gasteiger partial charge on any atom is -0.465 e. The lowest BCUT2D eigenvalue weighted by atomic mass is 9.90. The molecule has 1 aromatic carbocycles. The smallest absolute Gasteiger partial charge is 0.317 e. The summed E-state index contributed by atoms with van der Waals surface area (Å²) >= 11 is 0. The molecule has 3 nitrogen and oxygen atoms in total. The Hall–Kier alpha value is -1.90. The summed E-state index contributed by atoms with van der Waals surface area (Å²) in [6, 6.07) is 9.76. The molecule has 2 unspecified atom stereocenters. The van der Waals surface area contributed by atoms with Gasteiger partial charge in [-0.1, -0.05) is 49.4 Å². The van der Waals surface area contributed by atoms with E-state index in [2.05, 4.69) is 0 Å². The van der Waals surface area contributed by atoms with Crippen LogP contribution in [0.1, 0.15) is 26.3 Å². The molecular formula is C16H20O3. The first kappa shape index (κ1) is 15.2. The predicted molar refractivity (Wildman–Crippen MR) is 75.4 cm³/mol. The van der Waals surface area contributed by atoms with E-state index in [4.69, 9.17) is 4.74 Å². The maximum atomic E-state index is 11.8. The Morgan fingerprint density at radius 1 is 1.26 bits per heavy atom. The summed E-state index contributed by atoms with van der Waals surface area (Å²) in [5, 5.41) is 0. The van der Waals surface area contributed by atoms with Gasteiger partial charge in [-0.15, -0.1) is 0 Å². The van der Waals surface area contributed by atoms with Crippen molar-refractivity contribution in [1.82, 2.24) is 0 Å². The third kappa shape index (κ3) is 4.70. The van der Waals surface area contributed by atoms with Crippen LogP contribution in [0.2, 0.25) is 0 Å². The molecule has 0 aliphatic carbocycles. The SMILES string of the molecule is CCOC(=O)C(C(C)=O)C(C)/C=C/c1ccccc1. The van der Waals surface area contributed by atoms with E-state index < -0.39 is 11.9 Å². The summed E-state index contributed by atoms with van der Waals surface area (Å²) in [4.78, 5) is 23.3. The van der Waals surface area contributed by atoms with Gasteiger partial charge in [0.25, 0.3) is 0 Å². The van der Waals surface area contributed by atoms with Crippen LogP contribution in [0.25, 0.3) is 6.08 Å². The molecule has 0 amide bonds. The zero-order chi connectivity index (χ0) is 14.3. The van der Waals surface area contributed by atoms with Crippen molar-refractivity contribution in [2.45, 2.75) is 20.8 Å². The molecule has 3 heteroatoms. The molecule has 19 heavy (non-hydrogen) atoms. The standard InChI is InChI=1S/C16H20O3/c1-4-19-16(18)15(13(3)17)12(2)10-11-14-8-6-5-7-9-14/h5-12,15H,4H2,1-3H3/b11-10+. The monoisotopic (exact) mass is 260 g/mol. The number of carbonyl (C=O) groups excluding carboxylic acids is 2. The molecule has 2 atom stereocenters. The molecule has 0 aromatic heterocycles. The summed E-state index contributed by atoms with van der Waals surface area (Å²) < 4.78 is 4.94. The number of hydrogen-bond acceptors (Lipinski definition) is 3. The Morgan fingerprint density at radius 2 is 1.89 bits per heavy atom. The van der Waals surface area contributed by atoms with Gasteiger partial charge in [0, 0.05) is 0 Å². The van der Waals surface area contributed by atoms with E-state index in [0.717, 1.165) is 5.56 Å². The Bertz CT molecular complexity index is 448. The Labute approximate surface area is 114 Å². The van der Waals surface area contributed by atoms with E-state index in [9.17, 15) is 9.59 Å². The van der Waals surface area contributed by atoms with E-state index >= 15 is 0 Å². The molecule has 0 N–H and O–H groups in total. The second kappa shape index (κ2) is 7.52. The zero-order valence-corrected chi connectivity index (χ0v) is 11.6. The van der Waals surface area contributed by atoms with Gasteiger partial charge in [-0.05, 0) is 25.3 Å². The number of esters is 1. The van der Waals surface area contributed by atoms with Crippen molar-refractivity contribution in [3.63, 3.8) is 0 Å². The fourth-order valence-electron chi connectivity index (χ4n) is 1.92. The number of benzene rings is 1. The van der Waals surface area contributed by atoms with E-state index in [1.54, 1.807) is 6.92 Å². The molecule has 0 saturated heterocycles. The van der Waals surface area contributed by atoms with Gasteiger partial charge >= 0.3 is 5.97 Å². The molecule has 0 aliphatic heterocycles. The summed E-state index contributed by atoms with van der Waals surface area (Å²) in [5.41, 5.74) is 1.04. The normalized spacial score (nSPS) is 14.1. The highest BCUT2D eigenvalue weighted by atomic mass is 16.5. The van der Waals surface area contributed by atoms with Crippen LogP contribution in [0.15, 0.2) is 36.4 Å². The van der Waals surface area contributed by atoms with Crippen LogP contribution in [-0.2, 0) is 14.3 Å². The number of carbonyl (C=O) groups is 2. The quantitative estimate of drug-likeness (QED) is 0.583. The van der Waals surface area contributed by atoms with Crippen molar-refractivity contribution < 1.29 is 14.3 Å². The van der Waals surface area contributed by atoms with Crippen LogP contribution < -0.4 is 0 Å². The molecule has 102 valence electrons. The Kier molecular flexibility index (Phi) is 6.00. The summed E-state index contributed by atoms with van der Waals surface area (Å²) in [6.45, 7) is 5.30. The van der Waals surface area contributed by atoms with Crippen molar-refractivity contribution in [2.24, 2.45) is 11.8 Å². The Morgan fingerprint density at radius 3 is 2.42 bits per heavy atom. The minimum atomic E-state index is -0.722. The van der Waals surface area contributed by atoms with Crippen LogP contribution in [0.4, 0.5) is 0 Å². The fourth-order valence-corrected chi connectivity index (χ4v) is 1.92. The lowest BCUT2D eigenvalue weighted by molar-refractivity contribution is -0.152. The van der Waals surface area contributed by atoms with E-state index in [1.165, 1.54) is 6.92 Å². The van der Waals surface area contributed by atoms with Crippen LogP contribution in [0, 0.1) is 11.8 Å². The number of rotatable bonds is 6. The third-order valence-electron chi connectivity index (χ3n) is 2.90. The van der Waals surface area contributed by atoms with Crippen LogP contribution in [0.3, 0.4) is 0 Å². The third-order valence-corrected chi connectivity index (χ3v) is 2.90. The topological polar surface area (TPSA) is 43.4 Å². The van der Waals surface area contributed by atoms with Crippen molar-refractivity contribution in [1.29, 1.82) is 0 Å². The number of allylic oxidation sites excluding steroid dienone is 1. The van der Waals surface area contributed by atoms with Crippen molar-refractivity contribution in [2.75, 3.05) is 6.61 Å². The van der Waals surface area contributed by atoms with Gasteiger partial charge in [0.15, 0.2) is 0 Å². The average molecular weight is 260 g/mol. The second-order valence-corrected chi connectivity index (χ2v) is 4.47. The molecule has 0 spiro atoms. The highest BCUT2D eigenvalue weighted by molar-refractivity contribution is 5.98. The predicted octanol–water partition coefficient (Wildman–Crippen LogP) is 3.10. The summed E-state index contributed by atoms with van der Waals surface area (Å²) in [7, 11) is 0. The molecule has 0 radical (unpaired) electrons. The number of hydrogen-bond donors (Lipinski definition) is 0. The maximum Gasteiger partial charge on any atom is 0.317 e. The summed E-state index contributed by atoms with van der Waals surface area (Å²) in [5.74, 6) is -1.51. The van der Waals surface area contributed by atoms with Crippen molar-refractivity contribution >= 4 is 17.8 Å². The summed E-state index contributed by atoms with van der Waals surface area (Å²) in [6.07, 6.45) is 3.79. The second-order valence-electron chi connectivity index (χ2n) is 4.47. The van der Waals surface area contributed by atoms with Crippen LogP contribution >= 0.6 is 0 Å². The fraction of sp³-hybridized carbons (Fsp3) is 0.375. The molecule has 0 saturated carbocycles. The van der Waals surface area contributed by atoms with Crippen LogP contribution in [0.5, 0.6) is 0 Å². The number of Topliss-reactive ketones (excluding diaryl/α,β-unsaturated/α-hetero) is 1. The molecular weight excluding hydrogens is 240 g/mol. The van der Waals surface area contributed by atoms with Gasteiger partial charge in [0.1, 0.15) is 11.7 Å². The van der Waals surface area contributed by atoms with Crippen molar-refractivity contribution in [3.05, 3.63) is 42.0 Å². The zero-order valence-electron chi connectivity index (χ0n) is 11.6. The number of ketones is 1.